The van der Waals surface area contributed by atoms with Crippen LogP contribution in [-0.4, -0.2) is 41.8 Å². The van der Waals surface area contributed by atoms with Gasteiger partial charge in [0.15, 0.2) is 0 Å². The summed E-state index contributed by atoms with van der Waals surface area (Å²) in [5, 5.41) is 2.82. The summed E-state index contributed by atoms with van der Waals surface area (Å²) in [5.74, 6) is -0.683. The predicted octanol–water partition coefficient (Wildman–Crippen LogP) is 2.54. The molecule has 1 N–H and O–H groups in total. The van der Waals surface area contributed by atoms with Gasteiger partial charge in [0.2, 0.25) is 5.82 Å². The van der Waals surface area contributed by atoms with E-state index in [4.69, 9.17) is 4.74 Å². The zero-order valence-electron chi connectivity index (χ0n) is 12.3. The third-order valence-electron chi connectivity index (χ3n) is 3.25. The zero-order valence-corrected chi connectivity index (χ0v) is 12.3. The van der Waals surface area contributed by atoms with Crippen LogP contribution in [0.15, 0.2) is 6.07 Å². The van der Waals surface area contributed by atoms with Crippen LogP contribution in [0.3, 0.4) is 0 Å². The van der Waals surface area contributed by atoms with Gasteiger partial charge in [-0.1, -0.05) is 0 Å². The molecule has 0 bridgehead atoms. The average molecular weight is 304 g/mol. The summed E-state index contributed by atoms with van der Waals surface area (Å²) in [5.41, 5.74) is -0.418. The number of nitrogens with zero attached hydrogens (tertiary/aromatic N) is 3. The molecule has 2 heterocycles. The fourth-order valence-electron chi connectivity index (χ4n) is 2.25. The van der Waals surface area contributed by atoms with Crippen molar-refractivity contribution in [3.05, 3.63) is 11.9 Å². The number of hydrogen-bond donors (Lipinski definition) is 1. The Morgan fingerprint density at radius 2 is 2.10 bits per heavy atom. The van der Waals surface area contributed by atoms with E-state index in [9.17, 15) is 13.2 Å². The molecule has 1 aliphatic heterocycles. The highest BCUT2D eigenvalue weighted by Gasteiger charge is 2.38. The molecule has 0 aromatic carbocycles. The minimum absolute atomic E-state index is 0.178. The Hall–Kier alpha value is -1.57. The first-order valence-corrected chi connectivity index (χ1v) is 6.79. The Balaban J connectivity index is 2.44. The zero-order chi connectivity index (χ0) is 15.7. The molecule has 0 saturated carbocycles. The van der Waals surface area contributed by atoms with Crippen molar-refractivity contribution in [2.75, 3.05) is 36.5 Å². The topological polar surface area (TPSA) is 50.3 Å². The van der Waals surface area contributed by atoms with Crippen molar-refractivity contribution in [1.29, 1.82) is 0 Å². The maximum atomic E-state index is 13.0. The first kappa shape index (κ1) is 15.8. The van der Waals surface area contributed by atoms with E-state index in [1.165, 1.54) is 0 Å². The molecule has 1 aromatic heterocycles. The van der Waals surface area contributed by atoms with Crippen molar-refractivity contribution in [2.24, 2.45) is 0 Å². The summed E-state index contributed by atoms with van der Waals surface area (Å²) in [6, 6.07) is 1.55. The minimum atomic E-state index is -4.57. The number of anilines is 2. The van der Waals surface area contributed by atoms with Crippen LogP contribution < -0.4 is 10.2 Å². The minimum Gasteiger partial charge on any atom is -0.377 e. The van der Waals surface area contributed by atoms with Gasteiger partial charge in [-0.2, -0.15) is 13.2 Å². The molecule has 1 aromatic rings. The number of alkyl halides is 3. The summed E-state index contributed by atoms with van der Waals surface area (Å²) < 4.78 is 44.2. The van der Waals surface area contributed by atoms with Gasteiger partial charge in [0.05, 0.1) is 18.8 Å². The van der Waals surface area contributed by atoms with E-state index in [0.717, 1.165) is 0 Å². The molecule has 0 atom stereocenters. The van der Waals surface area contributed by atoms with Gasteiger partial charge in [0.1, 0.15) is 11.6 Å². The molecule has 21 heavy (non-hydrogen) atoms. The van der Waals surface area contributed by atoms with Crippen molar-refractivity contribution >= 4 is 11.6 Å². The number of hydrogen-bond acceptors (Lipinski definition) is 5. The van der Waals surface area contributed by atoms with Gasteiger partial charge in [-0.3, -0.25) is 0 Å². The Kier molecular flexibility index (Phi) is 4.27. The fraction of sp³-hybridized carbons (Fsp3) is 0.692. The molecule has 0 spiro atoms. The van der Waals surface area contributed by atoms with Gasteiger partial charge < -0.3 is 15.0 Å². The van der Waals surface area contributed by atoms with Crippen LogP contribution in [0.4, 0.5) is 24.8 Å². The van der Waals surface area contributed by atoms with E-state index in [2.05, 4.69) is 15.3 Å². The highest BCUT2D eigenvalue weighted by Crippen LogP contribution is 2.32. The molecule has 0 aliphatic carbocycles. The summed E-state index contributed by atoms with van der Waals surface area (Å²) in [4.78, 5) is 9.06. The molecular formula is C13H19F3N4O. The van der Waals surface area contributed by atoms with Crippen LogP contribution in [-0.2, 0) is 10.9 Å². The van der Waals surface area contributed by atoms with Crippen molar-refractivity contribution in [3.8, 4) is 0 Å². The van der Waals surface area contributed by atoms with Crippen molar-refractivity contribution < 1.29 is 17.9 Å². The summed E-state index contributed by atoms with van der Waals surface area (Å²) in [6.45, 7) is 7.50. The van der Waals surface area contributed by atoms with Gasteiger partial charge >= 0.3 is 6.18 Å². The van der Waals surface area contributed by atoms with E-state index in [0.29, 0.717) is 26.3 Å². The van der Waals surface area contributed by atoms with E-state index in [1.54, 1.807) is 13.0 Å². The normalized spacial score (nSPS) is 18.7. The Morgan fingerprint density at radius 3 is 2.67 bits per heavy atom. The second-order valence-electron chi connectivity index (χ2n) is 5.48. The van der Waals surface area contributed by atoms with Gasteiger partial charge in [0.25, 0.3) is 0 Å². The van der Waals surface area contributed by atoms with E-state index < -0.39 is 17.5 Å². The maximum absolute atomic E-state index is 13.0. The molecular weight excluding hydrogens is 285 g/mol. The Bertz CT molecular complexity index is 505. The van der Waals surface area contributed by atoms with Gasteiger partial charge in [-0.15, -0.1) is 0 Å². The average Bonchev–Trinajstić information content (AvgIpc) is 2.37. The third-order valence-corrected chi connectivity index (χ3v) is 3.25. The predicted molar refractivity (Wildman–Crippen MR) is 73.4 cm³/mol. The number of halogens is 3. The van der Waals surface area contributed by atoms with E-state index in [1.807, 2.05) is 18.7 Å². The van der Waals surface area contributed by atoms with Crippen LogP contribution in [0.25, 0.3) is 0 Å². The van der Waals surface area contributed by atoms with Crippen LogP contribution in [0.5, 0.6) is 0 Å². The Labute approximate surface area is 121 Å². The first-order valence-electron chi connectivity index (χ1n) is 6.79. The molecule has 1 aliphatic rings. The molecule has 118 valence electrons. The molecule has 2 rings (SSSR count). The number of morpholine rings is 1. The molecule has 0 radical (unpaired) electrons. The SMILES string of the molecule is CCNc1cc(N2CCOCC2(C)C)nc(C(F)(F)F)n1. The van der Waals surface area contributed by atoms with E-state index >= 15 is 0 Å². The van der Waals surface area contributed by atoms with E-state index in [-0.39, 0.29) is 11.6 Å². The summed E-state index contributed by atoms with van der Waals surface area (Å²) in [6.07, 6.45) is -4.57. The van der Waals surface area contributed by atoms with Crippen molar-refractivity contribution in [3.63, 3.8) is 0 Å². The molecule has 0 unspecified atom stereocenters. The number of ether oxygens (including phenoxy) is 1. The second-order valence-corrected chi connectivity index (χ2v) is 5.48. The van der Waals surface area contributed by atoms with Crippen molar-refractivity contribution in [1.82, 2.24) is 9.97 Å². The number of nitrogens with one attached hydrogen (secondary N) is 1. The molecule has 1 fully saturated rings. The quantitative estimate of drug-likeness (QED) is 0.930. The smallest absolute Gasteiger partial charge is 0.377 e. The summed E-state index contributed by atoms with van der Waals surface area (Å²) >= 11 is 0. The largest absolute Gasteiger partial charge is 0.451 e. The van der Waals surface area contributed by atoms with Gasteiger partial charge in [-0.05, 0) is 20.8 Å². The van der Waals surface area contributed by atoms with Crippen LogP contribution in [0, 0.1) is 0 Å². The number of rotatable bonds is 3. The monoisotopic (exact) mass is 304 g/mol. The van der Waals surface area contributed by atoms with Gasteiger partial charge in [0, 0.05) is 19.2 Å². The van der Waals surface area contributed by atoms with Crippen LogP contribution in [0.1, 0.15) is 26.6 Å². The molecule has 0 amide bonds. The molecule has 8 heteroatoms. The number of aromatic nitrogens is 2. The molecule has 5 nitrogen and oxygen atoms in total. The fourth-order valence-corrected chi connectivity index (χ4v) is 2.25. The summed E-state index contributed by atoms with van der Waals surface area (Å²) in [7, 11) is 0. The lowest BCUT2D eigenvalue weighted by Crippen LogP contribution is -2.53. The standard InChI is InChI=1S/C13H19F3N4O/c1-4-17-9-7-10(19-11(18-9)13(14,15)16)20-5-6-21-8-12(20,2)3/h7H,4-6,8H2,1-3H3,(H,17,18,19). The highest BCUT2D eigenvalue weighted by molar-refractivity contribution is 5.51. The maximum Gasteiger partial charge on any atom is 0.451 e. The lowest BCUT2D eigenvalue weighted by atomic mass is 10.0. The highest BCUT2D eigenvalue weighted by atomic mass is 19.4. The lowest BCUT2D eigenvalue weighted by Gasteiger charge is -2.43. The Morgan fingerprint density at radius 1 is 1.38 bits per heavy atom. The third kappa shape index (κ3) is 3.55. The van der Waals surface area contributed by atoms with Crippen LogP contribution >= 0.6 is 0 Å². The first-order chi connectivity index (χ1) is 9.74. The van der Waals surface area contributed by atoms with Crippen molar-refractivity contribution in [2.45, 2.75) is 32.5 Å². The lowest BCUT2D eigenvalue weighted by molar-refractivity contribution is -0.144. The van der Waals surface area contributed by atoms with Gasteiger partial charge in [-0.25, -0.2) is 9.97 Å². The second kappa shape index (κ2) is 5.67. The molecule has 1 saturated heterocycles. The van der Waals surface area contributed by atoms with Crippen LogP contribution in [0.2, 0.25) is 0 Å².